The van der Waals surface area contributed by atoms with Gasteiger partial charge in [0.2, 0.25) is 5.91 Å². The van der Waals surface area contributed by atoms with Crippen LogP contribution in [0.2, 0.25) is 0 Å². The summed E-state index contributed by atoms with van der Waals surface area (Å²) in [7, 11) is 0. The van der Waals surface area contributed by atoms with Crippen molar-refractivity contribution < 1.29 is 9.59 Å². The summed E-state index contributed by atoms with van der Waals surface area (Å²) in [6, 6.07) is 1.51. The van der Waals surface area contributed by atoms with Crippen LogP contribution in [0, 0.1) is 17.2 Å². The monoisotopic (exact) mass is 193 g/mol. The van der Waals surface area contributed by atoms with E-state index in [4.69, 9.17) is 5.26 Å². The summed E-state index contributed by atoms with van der Waals surface area (Å²) in [6.45, 7) is 0. The van der Waals surface area contributed by atoms with E-state index in [9.17, 15) is 9.59 Å². The second-order valence-corrected chi connectivity index (χ2v) is 3.87. The number of carbonyl (C=O) groups is 2. The van der Waals surface area contributed by atoms with E-state index in [1.807, 2.05) is 6.07 Å². The highest BCUT2D eigenvalue weighted by Crippen LogP contribution is 2.37. The van der Waals surface area contributed by atoms with Crippen molar-refractivity contribution in [3.63, 3.8) is 0 Å². The minimum absolute atomic E-state index is 0.460. The molecule has 0 bridgehead atoms. The third kappa shape index (κ3) is 1.15. The minimum Gasteiger partial charge on any atom is -0.330 e. The van der Waals surface area contributed by atoms with Crippen LogP contribution in [-0.4, -0.2) is 17.5 Å². The zero-order valence-electron chi connectivity index (χ0n) is 7.67. The highest BCUT2D eigenvalue weighted by Gasteiger charge is 2.49. The maximum atomic E-state index is 11.4. The molecule has 0 unspecified atom stereocenters. The van der Waals surface area contributed by atoms with Crippen LogP contribution in [0.4, 0.5) is 4.79 Å². The van der Waals surface area contributed by atoms with Gasteiger partial charge in [-0.1, -0.05) is 12.8 Å². The van der Waals surface area contributed by atoms with Crippen LogP contribution in [0.25, 0.3) is 0 Å². The van der Waals surface area contributed by atoms with Crippen molar-refractivity contribution in [2.45, 2.75) is 31.2 Å². The number of hydrogen-bond acceptors (Lipinski definition) is 3. The van der Waals surface area contributed by atoms with Crippen molar-refractivity contribution in [1.29, 1.82) is 5.26 Å². The van der Waals surface area contributed by atoms with Crippen molar-refractivity contribution in [3.05, 3.63) is 0 Å². The Balaban J connectivity index is 2.32. The summed E-state index contributed by atoms with van der Waals surface area (Å²) >= 11 is 0. The van der Waals surface area contributed by atoms with Crippen LogP contribution < -0.4 is 10.6 Å². The summed E-state index contributed by atoms with van der Waals surface area (Å²) in [6.07, 6.45) is 3.38. The number of rotatable bonds is 0. The van der Waals surface area contributed by atoms with E-state index in [1.54, 1.807) is 0 Å². The average Bonchev–Trinajstić information content (AvgIpc) is 2.53. The number of carbonyl (C=O) groups excluding carboxylic acids is 2. The first-order valence-electron chi connectivity index (χ1n) is 4.70. The van der Waals surface area contributed by atoms with Crippen LogP contribution >= 0.6 is 0 Å². The topological polar surface area (TPSA) is 82.0 Å². The van der Waals surface area contributed by atoms with Crippen LogP contribution in [0.3, 0.4) is 0 Å². The highest BCUT2D eigenvalue weighted by molar-refractivity contribution is 6.00. The Morgan fingerprint density at radius 3 is 2.57 bits per heavy atom. The molecule has 1 saturated carbocycles. The van der Waals surface area contributed by atoms with E-state index in [1.165, 1.54) is 0 Å². The summed E-state index contributed by atoms with van der Waals surface area (Å²) in [5, 5.41) is 13.8. The Morgan fingerprint density at radius 1 is 1.36 bits per heavy atom. The van der Waals surface area contributed by atoms with E-state index in [0.29, 0.717) is 0 Å². The van der Waals surface area contributed by atoms with Crippen molar-refractivity contribution in [2.75, 3.05) is 0 Å². The Morgan fingerprint density at radius 2 is 2.00 bits per heavy atom. The van der Waals surface area contributed by atoms with Gasteiger partial charge in [-0.25, -0.2) is 4.79 Å². The lowest BCUT2D eigenvalue weighted by Gasteiger charge is -2.37. The molecule has 2 N–H and O–H groups in total. The molecule has 14 heavy (non-hydrogen) atoms. The molecule has 1 aliphatic heterocycles. The van der Waals surface area contributed by atoms with E-state index in [0.717, 1.165) is 25.7 Å². The zero-order valence-corrected chi connectivity index (χ0v) is 7.67. The number of hydrogen-bond donors (Lipinski definition) is 2. The average molecular weight is 193 g/mol. The third-order valence-corrected chi connectivity index (χ3v) is 3.04. The van der Waals surface area contributed by atoms with E-state index >= 15 is 0 Å². The largest absolute Gasteiger partial charge is 0.330 e. The molecular formula is C9H11N3O2. The number of nitrogens with zero attached hydrogens (tertiary/aromatic N) is 1. The fraction of sp³-hybridized carbons (Fsp3) is 0.667. The normalized spacial score (nSPS) is 29.5. The molecule has 2 aliphatic rings. The van der Waals surface area contributed by atoms with Crippen molar-refractivity contribution in [1.82, 2.24) is 10.6 Å². The second-order valence-electron chi connectivity index (χ2n) is 3.87. The van der Waals surface area contributed by atoms with Gasteiger partial charge in [0.1, 0.15) is 5.92 Å². The summed E-state index contributed by atoms with van der Waals surface area (Å²) in [5.74, 6) is -1.19. The predicted molar refractivity (Wildman–Crippen MR) is 47.0 cm³/mol. The maximum absolute atomic E-state index is 11.4. The third-order valence-electron chi connectivity index (χ3n) is 3.04. The molecule has 2 rings (SSSR count). The summed E-state index contributed by atoms with van der Waals surface area (Å²) < 4.78 is 0. The standard InChI is InChI=1S/C9H11N3O2/c10-5-6-7(13)11-8(14)12-9(6)3-1-2-4-9/h6H,1-4H2,(H2,11,12,13,14)/t6-/m1/s1. The number of urea groups is 1. The van der Waals surface area contributed by atoms with Gasteiger partial charge >= 0.3 is 6.03 Å². The fourth-order valence-corrected chi connectivity index (χ4v) is 2.37. The summed E-state index contributed by atoms with van der Waals surface area (Å²) in [5.41, 5.74) is -0.589. The molecule has 1 saturated heterocycles. The maximum Gasteiger partial charge on any atom is 0.321 e. The minimum atomic E-state index is -0.734. The lowest BCUT2D eigenvalue weighted by atomic mass is 9.81. The van der Waals surface area contributed by atoms with Gasteiger partial charge < -0.3 is 5.32 Å². The Bertz CT molecular complexity index is 325. The van der Waals surface area contributed by atoms with Crippen LogP contribution in [0.15, 0.2) is 0 Å². The Labute approximate surface area is 81.5 Å². The molecule has 1 spiro atoms. The first kappa shape index (κ1) is 9.00. The number of nitriles is 1. The van der Waals surface area contributed by atoms with Crippen LogP contribution in [0.5, 0.6) is 0 Å². The predicted octanol–water partition coefficient (Wildman–Crippen LogP) is 0.278. The second kappa shape index (κ2) is 2.98. The number of imide groups is 1. The lowest BCUT2D eigenvalue weighted by molar-refractivity contribution is -0.125. The van der Waals surface area contributed by atoms with E-state index in [-0.39, 0.29) is 0 Å². The van der Waals surface area contributed by atoms with Gasteiger partial charge in [-0.15, -0.1) is 0 Å². The van der Waals surface area contributed by atoms with E-state index < -0.39 is 23.4 Å². The lowest BCUT2D eigenvalue weighted by Crippen LogP contribution is -2.64. The summed E-state index contributed by atoms with van der Waals surface area (Å²) in [4.78, 5) is 22.5. The van der Waals surface area contributed by atoms with E-state index in [2.05, 4.69) is 10.6 Å². The van der Waals surface area contributed by atoms with Gasteiger partial charge in [-0.05, 0) is 12.8 Å². The van der Waals surface area contributed by atoms with Crippen molar-refractivity contribution in [2.24, 2.45) is 5.92 Å². The number of nitrogens with one attached hydrogen (secondary N) is 2. The zero-order chi connectivity index (χ0) is 10.2. The SMILES string of the molecule is N#C[C@@H]1C(=O)NC(=O)NC12CCCC2. The molecule has 1 heterocycles. The van der Waals surface area contributed by atoms with Crippen LogP contribution in [-0.2, 0) is 4.79 Å². The molecule has 0 aromatic carbocycles. The molecule has 0 aromatic heterocycles. The van der Waals surface area contributed by atoms with Gasteiger partial charge in [0.15, 0.2) is 0 Å². The molecule has 1 aliphatic carbocycles. The molecule has 2 fully saturated rings. The first-order chi connectivity index (χ1) is 6.68. The molecule has 74 valence electrons. The molecule has 0 aromatic rings. The first-order valence-corrected chi connectivity index (χ1v) is 4.70. The molecule has 3 amide bonds. The van der Waals surface area contributed by atoms with Crippen molar-refractivity contribution >= 4 is 11.9 Å². The van der Waals surface area contributed by atoms with Gasteiger partial charge in [-0.3, -0.25) is 10.1 Å². The molecule has 0 radical (unpaired) electrons. The quantitative estimate of drug-likeness (QED) is 0.579. The Kier molecular flexibility index (Phi) is 1.92. The Hall–Kier alpha value is -1.57. The van der Waals surface area contributed by atoms with Gasteiger partial charge in [0.25, 0.3) is 0 Å². The van der Waals surface area contributed by atoms with Gasteiger partial charge in [0, 0.05) is 0 Å². The highest BCUT2D eigenvalue weighted by atomic mass is 16.2. The van der Waals surface area contributed by atoms with Gasteiger partial charge in [0.05, 0.1) is 11.6 Å². The van der Waals surface area contributed by atoms with Gasteiger partial charge in [-0.2, -0.15) is 5.26 Å². The molecular weight excluding hydrogens is 182 g/mol. The number of amides is 3. The molecule has 5 heteroatoms. The van der Waals surface area contributed by atoms with Crippen LogP contribution in [0.1, 0.15) is 25.7 Å². The fourth-order valence-electron chi connectivity index (χ4n) is 2.37. The molecule has 5 nitrogen and oxygen atoms in total. The molecule has 1 atom stereocenters. The van der Waals surface area contributed by atoms with Crippen molar-refractivity contribution in [3.8, 4) is 6.07 Å². The smallest absolute Gasteiger partial charge is 0.321 e.